The van der Waals surface area contributed by atoms with Gasteiger partial charge in [-0.15, -0.1) is 0 Å². The Labute approximate surface area is 185 Å². The van der Waals surface area contributed by atoms with Crippen LogP contribution < -0.4 is 4.74 Å². The van der Waals surface area contributed by atoms with Crippen LogP contribution in [0.5, 0.6) is 5.75 Å². The molecule has 2 aromatic heterocycles. The van der Waals surface area contributed by atoms with Crippen LogP contribution in [-0.4, -0.2) is 34.7 Å². The van der Waals surface area contributed by atoms with Gasteiger partial charge in [-0.1, -0.05) is 6.07 Å². The average Bonchev–Trinajstić information content (AvgIpc) is 3.36. The quantitative estimate of drug-likeness (QED) is 0.364. The Kier molecular flexibility index (Phi) is 5.52. The number of esters is 1. The highest BCUT2D eigenvalue weighted by atomic mass is 16.5. The molecule has 0 atom stereocenters. The van der Waals surface area contributed by atoms with E-state index in [0.29, 0.717) is 22.7 Å². The van der Waals surface area contributed by atoms with E-state index in [0.717, 1.165) is 33.7 Å². The van der Waals surface area contributed by atoms with Crippen molar-refractivity contribution in [1.82, 2.24) is 14.5 Å². The number of ether oxygens (including phenoxy) is 2. The van der Waals surface area contributed by atoms with E-state index in [2.05, 4.69) is 16.0 Å². The maximum absolute atomic E-state index is 11.9. The Hall–Kier alpha value is -4.31. The Morgan fingerprint density at radius 1 is 1.16 bits per heavy atom. The van der Waals surface area contributed by atoms with E-state index < -0.39 is 0 Å². The summed E-state index contributed by atoms with van der Waals surface area (Å²) in [4.78, 5) is 19.7. The molecule has 0 saturated carbocycles. The van der Waals surface area contributed by atoms with Crippen LogP contribution in [0.25, 0.3) is 28.4 Å². The number of hydrogen-bond donors (Lipinski definition) is 1. The third kappa shape index (κ3) is 3.74. The molecule has 160 valence electrons. The van der Waals surface area contributed by atoms with Crippen molar-refractivity contribution >= 4 is 28.7 Å². The normalized spacial score (nSPS) is 11.4. The first-order chi connectivity index (χ1) is 15.4. The molecular formula is C25H22N4O3. The van der Waals surface area contributed by atoms with Crippen molar-refractivity contribution in [3.05, 3.63) is 76.9 Å². The van der Waals surface area contributed by atoms with Crippen LogP contribution in [0.1, 0.15) is 33.1 Å². The number of H-pyrrole nitrogens is 1. The second-order valence-corrected chi connectivity index (χ2v) is 7.34. The van der Waals surface area contributed by atoms with Gasteiger partial charge in [0, 0.05) is 23.1 Å². The van der Waals surface area contributed by atoms with E-state index in [-0.39, 0.29) is 5.97 Å². The van der Waals surface area contributed by atoms with E-state index in [9.17, 15) is 10.1 Å². The number of rotatable bonds is 5. The van der Waals surface area contributed by atoms with E-state index >= 15 is 0 Å². The molecule has 0 aliphatic carbocycles. The molecule has 0 radical (unpaired) electrons. The molecule has 1 N–H and O–H groups in total. The molecule has 32 heavy (non-hydrogen) atoms. The lowest BCUT2D eigenvalue weighted by molar-refractivity contribution is 0.0600. The second kappa shape index (κ2) is 8.44. The summed E-state index contributed by atoms with van der Waals surface area (Å²) in [5, 5.41) is 9.81. The van der Waals surface area contributed by atoms with Gasteiger partial charge in [0.2, 0.25) is 0 Å². The zero-order valence-corrected chi connectivity index (χ0v) is 18.3. The number of aromatic nitrogens is 3. The standard InChI is InChI=1S/C25H22N4O3/c1-15-10-18(16(2)29(15)20-7-5-6-17(12-20)25(30)32-4)11-19(14-26)24-27-22-9-8-21(31-3)13-23(22)28-24/h5-13H,1-4H3,(H,27,28)/b19-11+. The van der Waals surface area contributed by atoms with E-state index in [1.54, 1.807) is 19.2 Å². The summed E-state index contributed by atoms with van der Waals surface area (Å²) in [5.74, 6) is 0.823. The molecule has 7 nitrogen and oxygen atoms in total. The SMILES string of the molecule is COC(=O)c1cccc(-n2c(C)cc(/C=C(\C#N)c3nc4ccc(OC)cc4[nH]3)c2C)c1. The molecule has 0 fully saturated rings. The molecule has 0 unspecified atom stereocenters. The number of aromatic amines is 1. The molecule has 2 heterocycles. The lowest BCUT2D eigenvalue weighted by Gasteiger charge is -2.11. The van der Waals surface area contributed by atoms with Gasteiger partial charge in [-0.05, 0) is 61.9 Å². The Balaban J connectivity index is 1.76. The van der Waals surface area contributed by atoms with E-state index in [1.807, 2.05) is 60.9 Å². The Morgan fingerprint density at radius 2 is 1.97 bits per heavy atom. The molecule has 0 amide bonds. The number of nitrogens with zero attached hydrogens (tertiary/aromatic N) is 3. The van der Waals surface area contributed by atoms with Crippen LogP contribution in [0.2, 0.25) is 0 Å². The van der Waals surface area contributed by atoms with Crippen LogP contribution >= 0.6 is 0 Å². The van der Waals surface area contributed by atoms with Crippen molar-refractivity contribution in [3.63, 3.8) is 0 Å². The van der Waals surface area contributed by atoms with Gasteiger partial charge < -0.3 is 19.0 Å². The van der Waals surface area contributed by atoms with Crippen LogP contribution in [0.4, 0.5) is 0 Å². The molecule has 0 aliphatic rings. The van der Waals surface area contributed by atoms with Gasteiger partial charge in [0.1, 0.15) is 17.6 Å². The van der Waals surface area contributed by atoms with Crippen LogP contribution in [0.15, 0.2) is 48.5 Å². The molecule has 0 saturated heterocycles. The molecule has 7 heteroatoms. The monoisotopic (exact) mass is 426 g/mol. The van der Waals surface area contributed by atoms with Gasteiger partial charge in [-0.25, -0.2) is 9.78 Å². The fourth-order valence-electron chi connectivity index (χ4n) is 3.77. The van der Waals surface area contributed by atoms with Crippen molar-refractivity contribution in [2.45, 2.75) is 13.8 Å². The minimum Gasteiger partial charge on any atom is -0.497 e. The molecule has 0 bridgehead atoms. The number of carbonyl (C=O) groups excluding carboxylic acids is 1. The number of nitrogens with one attached hydrogen (secondary N) is 1. The maximum Gasteiger partial charge on any atom is 0.337 e. The number of methoxy groups -OCH3 is 2. The molecule has 4 aromatic rings. The number of carbonyl (C=O) groups is 1. The van der Waals surface area contributed by atoms with Crippen molar-refractivity contribution in [2.24, 2.45) is 0 Å². The number of benzene rings is 2. The van der Waals surface area contributed by atoms with E-state index in [4.69, 9.17) is 9.47 Å². The smallest absolute Gasteiger partial charge is 0.337 e. The van der Waals surface area contributed by atoms with Crippen molar-refractivity contribution in [3.8, 4) is 17.5 Å². The summed E-state index contributed by atoms with van der Waals surface area (Å²) < 4.78 is 12.1. The number of fused-ring (bicyclic) bond motifs is 1. The van der Waals surface area contributed by atoms with Crippen molar-refractivity contribution in [2.75, 3.05) is 14.2 Å². The molecule has 0 spiro atoms. The third-order valence-corrected chi connectivity index (χ3v) is 5.36. The number of allylic oxidation sites excluding steroid dienone is 1. The van der Waals surface area contributed by atoms with Gasteiger partial charge in [0.05, 0.1) is 36.4 Å². The third-order valence-electron chi connectivity index (χ3n) is 5.36. The lowest BCUT2D eigenvalue weighted by Crippen LogP contribution is -2.04. The summed E-state index contributed by atoms with van der Waals surface area (Å²) >= 11 is 0. The first-order valence-electron chi connectivity index (χ1n) is 9.98. The first kappa shape index (κ1) is 20.9. The summed E-state index contributed by atoms with van der Waals surface area (Å²) in [6.45, 7) is 3.96. The van der Waals surface area contributed by atoms with Crippen LogP contribution in [-0.2, 0) is 4.74 Å². The Morgan fingerprint density at radius 3 is 2.69 bits per heavy atom. The summed E-state index contributed by atoms with van der Waals surface area (Å²) in [6, 6.07) is 17.0. The minimum absolute atomic E-state index is 0.386. The summed E-state index contributed by atoms with van der Waals surface area (Å²) in [7, 11) is 2.97. The van der Waals surface area contributed by atoms with Crippen molar-refractivity contribution in [1.29, 1.82) is 5.26 Å². The fourth-order valence-corrected chi connectivity index (χ4v) is 3.77. The number of nitriles is 1. The minimum atomic E-state index is -0.386. The van der Waals surface area contributed by atoms with Gasteiger partial charge in [-0.2, -0.15) is 5.26 Å². The van der Waals surface area contributed by atoms with Gasteiger partial charge in [-0.3, -0.25) is 0 Å². The molecule has 0 aliphatic heterocycles. The maximum atomic E-state index is 11.9. The fraction of sp³-hybridized carbons (Fsp3) is 0.160. The van der Waals surface area contributed by atoms with Crippen LogP contribution in [0, 0.1) is 25.2 Å². The van der Waals surface area contributed by atoms with Gasteiger partial charge >= 0.3 is 5.97 Å². The predicted molar refractivity (Wildman–Crippen MR) is 123 cm³/mol. The highest BCUT2D eigenvalue weighted by molar-refractivity contribution is 5.91. The van der Waals surface area contributed by atoms with E-state index in [1.165, 1.54) is 7.11 Å². The number of hydrogen-bond acceptors (Lipinski definition) is 5. The van der Waals surface area contributed by atoms with Gasteiger partial charge in [0.25, 0.3) is 0 Å². The lowest BCUT2D eigenvalue weighted by atomic mass is 10.1. The highest BCUT2D eigenvalue weighted by Crippen LogP contribution is 2.27. The largest absolute Gasteiger partial charge is 0.497 e. The topological polar surface area (TPSA) is 92.9 Å². The van der Waals surface area contributed by atoms with Crippen LogP contribution in [0.3, 0.4) is 0 Å². The average molecular weight is 426 g/mol. The highest BCUT2D eigenvalue weighted by Gasteiger charge is 2.14. The zero-order valence-electron chi connectivity index (χ0n) is 18.3. The summed E-state index contributed by atoms with van der Waals surface area (Å²) in [6.07, 6.45) is 1.82. The zero-order chi connectivity index (χ0) is 22.8. The predicted octanol–water partition coefficient (Wildman–Crippen LogP) is 4.83. The molecule has 2 aromatic carbocycles. The number of aryl methyl sites for hydroxylation is 1. The molecular weight excluding hydrogens is 404 g/mol. The number of imidazole rings is 1. The van der Waals surface area contributed by atoms with Crippen molar-refractivity contribution < 1.29 is 14.3 Å². The summed E-state index contributed by atoms with van der Waals surface area (Å²) in [5.41, 5.74) is 6.10. The second-order valence-electron chi connectivity index (χ2n) is 7.34. The Bertz CT molecular complexity index is 1400. The first-order valence-corrected chi connectivity index (χ1v) is 9.98. The molecule has 4 rings (SSSR count). The van der Waals surface area contributed by atoms with Gasteiger partial charge in [0.15, 0.2) is 0 Å².